The Hall–Kier alpha value is -1.88. The Balaban J connectivity index is 2.04. The molecule has 0 aromatic carbocycles. The highest BCUT2D eigenvalue weighted by molar-refractivity contribution is 6.29. The first kappa shape index (κ1) is 11.6. The van der Waals surface area contributed by atoms with Gasteiger partial charge in [0.2, 0.25) is 0 Å². The molecule has 0 saturated carbocycles. The van der Waals surface area contributed by atoms with Crippen molar-refractivity contribution in [1.29, 1.82) is 0 Å². The molecule has 0 fully saturated rings. The van der Waals surface area contributed by atoms with Gasteiger partial charge in [-0.2, -0.15) is 0 Å². The molecule has 0 spiro atoms. The Kier molecular flexibility index (Phi) is 3.39. The molecule has 2 aromatic heterocycles. The van der Waals surface area contributed by atoms with Gasteiger partial charge >= 0.3 is 0 Å². The van der Waals surface area contributed by atoms with Crippen molar-refractivity contribution in [2.45, 2.75) is 13.5 Å². The Bertz CT molecular complexity index is 505. The first-order valence-electron chi connectivity index (χ1n) is 4.97. The number of nitrogens with one attached hydrogen (secondary N) is 1. The van der Waals surface area contributed by atoms with Crippen LogP contribution in [0.25, 0.3) is 0 Å². The second kappa shape index (κ2) is 4.97. The Morgan fingerprint density at radius 2 is 2.35 bits per heavy atom. The van der Waals surface area contributed by atoms with E-state index in [0.29, 0.717) is 22.2 Å². The summed E-state index contributed by atoms with van der Waals surface area (Å²) in [5, 5.41) is 6.54. The van der Waals surface area contributed by atoms with Crippen molar-refractivity contribution in [1.82, 2.24) is 15.5 Å². The molecule has 1 N–H and O–H groups in total. The van der Waals surface area contributed by atoms with Crippen LogP contribution in [0.4, 0.5) is 0 Å². The highest BCUT2D eigenvalue weighted by Crippen LogP contribution is 2.10. The summed E-state index contributed by atoms with van der Waals surface area (Å²) in [5.41, 5.74) is 1.17. The van der Waals surface area contributed by atoms with Crippen LogP contribution in [0.2, 0.25) is 5.15 Å². The molecule has 1 amide bonds. The number of amides is 1. The van der Waals surface area contributed by atoms with Crippen LogP contribution in [-0.2, 0) is 6.54 Å². The lowest BCUT2D eigenvalue weighted by Crippen LogP contribution is -2.22. The summed E-state index contributed by atoms with van der Waals surface area (Å²) in [6.07, 6.45) is 1.52. The van der Waals surface area contributed by atoms with Crippen LogP contribution in [0.1, 0.15) is 21.8 Å². The molecule has 2 aromatic rings. The summed E-state index contributed by atoms with van der Waals surface area (Å²) in [4.78, 5) is 15.8. The first-order chi connectivity index (χ1) is 8.15. The highest BCUT2D eigenvalue weighted by atomic mass is 35.5. The maximum absolute atomic E-state index is 11.8. The maximum atomic E-state index is 11.8. The van der Waals surface area contributed by atoms with E-state index < -0.39 is 0 Å². The molecule has 0 aliphatic heterocycles. The molecule has 0 radical (unpaired) electrons. The van der Waals surface area contributed by atoms with Crippen LogP contribution in [0.5, 0.6) is 0 Å². The number of halogens is 1. The normalized spacial score (nSPS) is 10.2. The molecule has 17 heavy (non-hydrogen) atoms. The van der Waals surface area contributed by atoms with E-state index in [1.807, 2.05) is 0 Å². The van der Waals surface area contributed by atoms with Crippen molar-refractivity contribution < 1.29 is 9.32 Å². The summed E-state index contributed by atoms with van der Waals surface area (Å²) >= 11 is 5.77. The third kappa shape index (κ3) is 3.04. The van der Waals surface area contributed by atoms with E-state index in [1.54, 1.807) is 19.1 Å². The lowest BCUT2D eigenvalue weighted by molar-refractivity contribution is 0.0947. The van der Waals surface area contributed by atoms with Gasteiger partial charge in [-0.1, -0.05) is 16.8 Å². The smallest absolute Gasteiger partial charge is 0.251 e. The average molecular weight is 252 g/mol. The lowest BCUT2D eigenvalue weighted by atomic mass is 10.2. The number of carbonyl (C=O) groups is 1. The number of hydrogen-bond donors (Lipinski definition) is 1. The van der Waals surface area contributed by atoms with Gasteiger partial charge in [-0.3, -0.25) is 4.79 Å². The highest BCUT2D eigenvalue weighted by Gasteiger charge is 2.08. The molecule has 2 heterocycles. The van der Waals surface area contributed by atoms with E-state index in [1.165, 1.54) is 12.3 Å². The number of pyridine rings is 1. The minimum atomic E-state index is -0.228. The molecule has 6 heteroatoms. The number of nitrogens with zero attached hydrogens (tertiary/aromatic N) is 2. The minimum Gasteiger partial charge on any atom is -0.360 e. The van der Waals surface area contributed by atoms with Gasteiger partial charge in [0.1, 0.15) is 5.15 Å². The van der Waals surface area contributed by atoms with E-state index in [2.05, 4.69) is 15.5 Å². The summed E-state index contributed by atoms with van der Waals surface area (Å²) in [5.74, 6) is 0.365. The number of rotatable bonds is 3. The third-order valence-corrected chi connectivity index (χ3v) is 2.29. The molecule has 0 unspecified atom stereocenters. The molecule has 0 aliphatic rings. The van der Waals surface area contributed by atoms with Gasteiger partial charge in [-0.05, 0) is 19.1 Å². The Labute approximate surface area is 103 Å². The van der Waals surface area contributed by atoms with Crippen molar-refractivity contribution in [3.63, 3.8) is 0 Å². The van der Waals surface area contributed by atoms with E-state index in [4.69, 9.17) is 16.1 Å². The fourth-order valence-electron chi connectivity index (χ4n) is 1.36. The Morgan fingerprint density at radius 3 is 3.00 bits per heavy atom. The standard InChI is InChI=1S/C11H10ClN3O2/c1-7-4-8(5-10(12)15-7)11(16)13-6-9-2-3-14-17-9/h2-5H,6H2,1H3,(H,13,16). The van der Waals surface area contributed by atoms with Crippen molar-refractivity contribution in [2.24, 2.45) is 0 Å². The molecular formula is C11H10ClN3O2. The number of aryl methyl sites for hydroxylation is 1. The van der Waals surface area contributed by atoms with Crippen LogP contribution < -0.4 is 5.32 Å². The second-order valence-electron chi connectivity index (χ2n) is 3.48. The van der Waals surface area contributed by atoms with Gasteiger partial charge in [-0.25, -0.2) is 4.98 Å². The predicted molar refractivity (Wildman–Crippen MR) is 61.7 cm³/mol. The summed E-state index contributed by atoms with van der Waals surface area (Å²) in [7, 11) is 0. The number of hydrogen-bond acceptors (Lipinski definition) is 4. The van der Waals surface area contributed by atoms with Crippen LogP contribution in [0, 0.1) is 6.92 Å². The van der Waals surface area contributed by atoms with E-state index in [-0.39, 0.29) is 12.5 Å². The van der Waals surface area contributed by atoms with Crippen molar-refractivity contribution >= 4 is 17.5 Å². The van der Waals surface area contributed by atoms with Crippen molar-refractivity contribution in [2.75, 3.05) is 0 Å². The van der Waals surface area contributed by atoms with Gasteiger partial charge in [0.05, 0.1) is 12.7 Å². The molecule has 2 rings (SSSR count). The average Bonchev–Trinajstić information content (AvgIpc) is 2.77. The number of carbonyl (C=O) groups excluding carboxylic acids is 1. The van der Waals surface area contributed by atoms with Crippen molar-refractivity contribution in [3.05, 3.63) is 46.6 Å². The predicted octanol–water partition coefficient (Wildman–Crippen LogP) is 1.96. The van der Waals surface area contributed by atoms with Gasteiger partial charge in [0.25, 0.3) is 5.91 Å². The zero-order chi connectivity index (χ0) is 12.3. The van der Waals surface area contributed by atoms with Crippen LogP contribution >= 0.6 is 11.6 Å². The quantitative estimate of drug-likeness (QED) is 0.847. The third-order valence-electron chi connectivity index (χ3n) is 2.10. The largest absolute Gasteiger partial charge is 0.360 e. The zero-order valence-corrected chi connectivity index (χ0v) is 9.86. The Morgan fingerprint density at radius 1 is 1.53 bits per heavy atom. The van der Waals surface area contributed by atoms with E-state index in [0.717, 1.165) is 0 Å². The van der Waals surface area contributed by atoms with Crippen LogP contribution in [0.15, 0.2) is 28.9 Å². The fraction of sp³-hybridized carbons (Fsp3) is 0.182. The topological polar surface area (TPSA) is 68.0 Å². The van der Waals surface area contributed by atoms with Crippen LogP contribution in [0.3, 0.4) is 0 Å². The lowest BCUT2D eigenvalue weighted by Gasteiger charge is -2.04. The van der Waals surface area contributed by atoms with Gasteiger partial charge in [0.15, 0.2) is 5.76 Å². The molecule has 88 valence electrons. The monoisotopic (exact) mass is 251 g/mol. The van der Waals surface area contributed by atoms with E-state index in [9.17, 15) is 4.79 Å². The minimum absolute atomic E-state index is 0.228. The molecule has 0 atom stereocenters. The molecule has 0 aliphatic carbocycles. The fourth-order valence-corrected chi connectivity index (χ4v) is 1.61. The van der Waals surface area contributed by atoms with Gasteiger partial charge < -0.3 is 9.84 Å². The molecular weight excluding hydrogens is 242 g/mol. The van der Waals surface area contributed by atoms with Crippen molar-refractivity contribution in [3.8, 4) is 0 Å². The SMILES string of the molecule is Cc1cc(C(=O)NCc2ccno2)cc(Cl)n1. The summed E-state index contributed by atoms with van der Waals surface area (Å²) in [6.45, 7) is 2.07. The maximum Gasteiger partial charge on any atom is 0.251 e. The van der Waals surface area contributed by atoms with Gasteiger partial charge in [-0.15, -0.1) is 0 Å². The zero-order valence-electron chi connectivity index (χ0n) is 9.11. The first-order valence-corrected chi connectivity index (χ1v) is 5.35. The summed E-state index contributed by atoms with van der Waals surface area (Å²) < 4.78 is 4.86. The molecule has 0 bridgehead atoms. The van der Waals surface area contributed by atoms with Crippen LogP contribution in [-0.4, -0.2) is 16.0 Å². The van der Waals surface area contributed by atoms with Gasteiger partial charge in [0, 0.05) is 17.3 Å². The molecule has 0 saturated heterocycles. The molecule has 5 nitrogen and oxygen atoms in total. The second-order valence-corrected chi connectivity index (χ2v) is 3.87. The van der Waals surface area contributed by atoms with E-state index >= 15 is 0 Å². The summed E-state index contributed by atoms with van der Waals surface area (Å²) in [6, 6.07) is 4.87. The number of aromatic nitrogens is 2.